The molecule has 1 aliphatic heterocycles. The molecule has 222 valence electrons. The molecule has 2 heterocycles. The molecule has 5 rings (SSSR count). The molecule has 0 saturated heterocycles. The van der Waals surface area contributed by atoms with Crippen molar-refractivity contribution in [1.29, 1.82) is 0 Å². The Bertz CT molecular complexity index is 1860. The minimum absolute atomic E-state index is 0.200. The second kappa shape index (κ2) is 13.3. The maximum atomic E-state index is 14.2. The summed E-state index contributed by atoms with van der Waals surface area (Å²) in [6.45, 7) is 8.67. The summed E-state index contributed by atoms with van der Waals surface area (Å²) in [5.74, 6) is 1.10. The predicted molar refractivity (Wildman–Crippen MR) is 178 cm³/mol. The Hall–Kier alpha value is -3.70. The van der Waals surface area contributed by atoms with Gasteiger partial charge in [0.15, 0.2) is 16.3 Å². The molecule has 1 aliphatic rings. The van der Waals surface area contributed by atoms with Crippen molar-refractivity contribution in [3.05, 3.63) is 118 Å². The lowest BCUT2D eigenvalue weighted by Crippen LogP contribution is -2.40. The number of hydrogen-bond donors (Lipinski definition) is 0. The number of halogens is 1. The van der Waals surface area contributed by atoms with Crippen molar-refractivity contribution in [1.82, 2.24) is 4.57 Å². The first-order valence-electron chi connectivity index (χ1n) is 14.2. The summed E-state index contributed by atoms with van der Waals surface area (Å²) in [7, 11) is 1.60. The number of esters is 1. The van der Waals surface area contributed by atoms with E-state index in [1.165, 1.54) is 16.9 Å². The third-order valence-corrected chi connectivity index (χ3v) is 8.92. The van der Waals surface area contributed by atoms with E-state index in [1.54, 1.807) is 18.6 Å². The summed E-state index contributed by atoms with van der Waals surface area (Å²) in [6.07, 6.45) is 1.83. The number of hydrogen-bond acceptors (Lipinski definition) is 7. The molecule has 0 spiro atoms. The van der Waals surface area contributed by atoms with Crippen LogP contribution < -0.4 is 24.4 Å². The second-order valence-electron chi connectivity index (χ2n) is 10.2. The fourth-order valence-electron chi connectivity index (χ4n) is 5.08. The lowest BCUT2D eigenvalue weighted by atomic mass is 9.91. The third-order valence-electron chi connectivity index (χ3n) is 7.13. The van der Waals surface area contributed by atoms with Gasteiger partial charge in [-0.15, -0.1) is 0 Å². The molecule has 1 aromatic heterocycles. The fraction of sp³-hybridized carbons (Fsp3) is 0.265. The molecular formula is C34H33IN2O5S. The highest BCUT2D eigenvalue weighted by molar-refractivity contribution is 14.1. The molecule has 43 heavy (non-hydrogen) atoms. The van der Waals surface area contributed by atoms with Crippen molar-refractivity contribution in [2.75, 3.05) is 20.3 Å². The largest absolute Gasteiger partial charge is 0.493 e. The maximum absolute atomic E-state index is 14.2. The Kier molecular flexibility index (Phi) is 9.51. The quantitative estimate of drug-likeness (QED) is 0.156. The summed E-state index contributed by atoms with van der Waals surface area (Å²) in [4.78, 5) is 33.3. The topological polar surface area (TPSA) is 79.1 Å². The van der Waals surface area contributed by atoms with Crippen LogP contribution in [0.4, 0.5) is 0 Å². The standard InChI is InChI=1S/C34H33IN2O5S/c1-6-41-31-25(35)17-21(18-26(31)40-5)19-27-32(38)37-30(24-15-13-22(14-16-24)20(3)4)28(33(39)42-7-2)29(36-34(37)43-27)23-11-9-8-10-12-23/h8-20,30H,6-7H2,1-5H3/b27-19-/t30-/m0/s1. The Morgan fingerprint density at radius 1 is 1.07 bits per heavy atom. The summed E-state index contributed by atoms with van der Waals surface area (Å²) in [5.41, 5.74) is 4.14. The average Bonchev–Trinajstić information content (AvgIpc) is 3.32. The first kappa shape index (κ1) is 30.7. The third kappa shape index (κ3) is 6.19. The second-order valence-corrected chi connectivity index (χ2v) is 12.4. The van der Waals surface area contributed by atoms with Crippen molar-refractivity contribution in [2.24, 2.45) is 4.99 Å². The molecule has 0 fully saturated rings. The minimum Gasteiger partial charge on any atom is -0.493 e. The van der Waals surface area contributed by atoms with Crippen LogP contribution in [0.25, 0.3) is 11.8 Å². The van der Waals surface area contributed by atoms with Gasteiger partial charge in [-0.1, -0.05) is 79.8 Å². The van der Waals surface area contributed by atoms with Gasteiger partial charge in [-0.3, -0.25) is 9.36 Å². The first-order chi connectivity index (χ1) is 20.8. The molecule has 0 radical (unpaired) electrons. The SMILES string of the molecule is CCOC(=O)C1=C(c2ccccc2)N=c2s/c(=C\c3cc(I)c(OCC)c(OC)c3)c(=O)n2[C@H]1c1ccc(C(C)C)cc1. The van der Waals surface area contributed by atoms with E-state index in [0.717, 1.165) is 20.3 Å². The van der Waals surface area contributed by atoms with E-state index in [4.69, 9.17) is 19.2 Å². The predicted octanol–water partition coefficient (Wildman–Crippen LogP) is 6.07. The lowest BCUT2D eigenvalue weighted by Gasteiger charge is -2.26. The number of rotatable bonds is 9. The molecule has 0 bridgehead atoms. The van der Waals surface area contributed by atoms with Gasteiger partial charge < -0.3 is 14.2 Å². The van der Waals surface area contributed by atoms with Crippen molar-refractivity contribution < 1.29 is 19.0 Å². The molecule has 0 unspecified atom stereocenters. The van der Waals surface area contributed by atoms with Gasteiger partial charge in [-0.25, -0.2) is 9.79 Å². The first-order valence-corrected chi connectivity index (χ1v) is 16.1. The average molecular weight is 709 g/mol. The maximum Gasteiger partial charge on any atom is 0.338 e. The van der Waals surface area contributed by atoms with Crippen LogP contribution >= 0.6 is 33.9 Å². The Balaban J connectivity index is 1.78. The van der Waals surface area contributed by atoms with Crippen molar-refractivity contribution in [3.8, 4) is 11.5 Å². The van der Waals surface area contributed by atoms with E-state index < -0.39 is 12.0 Å². The molecule has 7 nitrogen and oxygen atoms in total. The number of fused-ring (bicyclic) bond motifs is 1. The molecule has 4 aromatic rings. The van der Waals surface area contributed by atoms with E-state index in [9.17, 15) is 9.59 Å². The molecule has 3 aromatic carbocycles. The Labute approximate surface area is 268 Å². The fourth-order valence-corrected chi connectivity index (χ4v) is 6.86. The lowest BCUT2D eigenvalue weighted by molar-refractivity contribution is -0.138. The monoisotopic (exact) mass is 708 g/mol. The van der Waals surface area contributed by atoms with Gasteiger partial charge in [0.05, 0.1) is 45.7 Å². The highest BCUT2D eigenvalue weighted by Gasteiger charge is 2.35. The van der Waals surface area contributed by atoms with Crippen LogP contribution in [-0.4, -0.2) is 30.9 Å². The van der Waals surface area contributed by atoms with Crippen LogP contribution in [0.5, 0.6) is 11.5 Å². The zero-order chi connectivity index (χ0) is 30.7. The van der Waals surface area contributed by atoms with Gasteiger partial charge in [-0.05, 0) is 77.3 Å². The van der Waals surface area contributed by atoms with E-state index in [0.29, 0.717) is 44.6 Å². The van der Waals surface area contributed by atoms with Gasteiger partial charge in [0.1, 0.15) is 0 Å². The zero-order valence-corrected chi connectivity index (χ0v) is 27.7. The smallest absolute Gasteiger partial charge is 0.338 e. The summed E-state index contributed by atoms with van der Waals surface area (Å²) in [5, 5.41) is 0. The van der Waals surface area contributed by atoms with Crippen molar-refractivity contribution >= 4 is 51.7 Å². The number of ether oxygens (including phenoxy) is 3. The Morgan fingerprint density at radius 2 is 1.79 bits per heavy atom. The van der Waals surface area contributed by atoms with Crippen molar-refractivity contribution in [3.63, 3.8) is 0 Å². The normalized spacial score (nSPS) is 14.9. The van der Waals surface area contributed by atoms with Crippen LogP contribution in [0.15, 0.2) is 82.1 Å². The van der Waals surface area contributed by atoms with Crippen LogP contribution in [-0.2, 0) is 9.53 Å². The highest BCUT2D eigenvalue weighted by Crippen LogP contribution is 2.36. The summed E-state index contributed by atoms with van der Waals surface area (Å²) in [6, 6.07) is 20.7. The molecule has 0 saturated carbocycles. The number of methoxy groups -OCH3 is 1. The van der Waals surface area contributed by atoms with Crippen LogP contribution in [0.2, 0.25) is 0 Å². The minimum atomic E-state index is -0.719. The van der Waals surface area contributed by atoms with E-state index in [-0.39, 0.29) is 12.2 Å². The number of thiazole rings is 1. The van der Waals surface area contributed by atoms with E-state index in [1.807, 2.05) is 67.6 Å². The van der Waals surface area contributed by atoms with Crippen LogP contribution in [0.1, 0.15) is 61.9 Å². The van der Waals surface area contributed by atoms with Gasteiger partial charge in [0, 0.05) is 5.56 Å². The molecular weight excluding hydrogens is 675 g/mol. The van der Waals surface area contributed by atoms with Gasteiger partial charge in [0.25, 0.3) is 5.56 Å². The molecule has 0 amide bonds. The molecule has 0 N–H and O–H groups in total. The number of carbonyl (C=O) groups excluding carboxylic acids is 1. The van der Waals surface area contributed by atoms with Gasteiger partial charge in [-0.2, -0.15) is 0 Å². The van der Waals surface area contributed by atoms with E-state index in [2.05, 4.69) is 48.6 Å². The summed E-state index contributed by atoms with van der Waals surface area (Å²) >= 11 is 3.50. The van der Waals surface area contributed by atoms with Gasteiger partial charge in [0.2, 0.25) is 0 Å². The van der Waals surface area contributed by atoms with Crippen LogP contribution in [0, 0.1) is 3.57 Å². The molecule has 0 aliphatic carbocycles. The van der Waals surface area contributed by atoms with Crippen LogP contribution in [0.3, 0.4) is 0 Å². The van der Waals surface area contributed by atoms with Crippen molar-refractivity contribution in [2.45, 2.75) is 39.7 Å². The number of nitrogens with zero attached hydrogens (tertiary/aromatic N) is 2. The Morgan fingerprint density at radius 3 is 2.42 bits per heavy atom. The zero-order valence-electron chi connectivity index (χ0n) is 24.7. The number of aromatic nitrogens is 1. The molecule has 9 heteroatoms. The van der Waals surface area contributed by atoms with E-state index >= 15 is 0 Å². The number of carbonyl (C=O) groups is 1. The van der Waals surface area contributed by atoms with Gasteiger partial charge >= 0.3 is 5.97 Å². The molecule has 1 atom stereocenters. The highest BCUT2D eigenvalue weighted by atomic mass is 127. The number of benzene rings is 3. The summed E-state index contributed by atoms with van der Waals surface area (Å²) < 4.78 is 19.9.